The van der Waals surface area contributed by atoms with E-state index in [1.54, 1.807) is 24.1 Å². The highest BCUT2D eigenvalue weighted by molar-refractivity contribution is 5.78. The summed E-state index contributed by atoms with van der Waals surface area (Å²) in [7, 11) is 3.54. The van der Waals surface area contributed by atoms with Gasteiger partial charge in [-0.3, -0.25) is 14.9 Å². The molecule has 0 atom stereocenters. The van der Waals surface area contributed by atoms with Crippen LogP contribution in [0, 0.1) is 10.1 Å². The number of hydrogen-bond donors (Lipinski definition) is 1. The lowest BCUT2D eigenvalue weighted by Gasteiger charge is -2.16. The summed E-state index contributed by atoms with van der Waals surface area (Å²) in [6.07, 6.45) is 0.182. The standard InChI is InChI=1S/C12H17N3O3/c1-13-6-7-14(2)12(16)9-10-4-3-5-11(8-10)15(17)18/h3-5,8,13H,6-7,9H2,1-2H3. The van der Waals surface area contributed by atoms with Crippen molar-refractivity contribution in [3.05, 3.63) is 39.9 Å². The average Bonchev–Trinajstić information content (AvgIpc) is 2.36. The normalized spacial score (nSPS) is 10.1. The molecule has 0 radical (unpaired) electrons. The number of nitrogens with one attached hydrogen (secondary N) is 1. The van der Waals surface area contributed by atoms with Crippen LogP contribution in [0.5, 0.6) is 0 Å². The summed E-state index contributed by atoms with van der Waals surface area (Å²) in [4.78, 5) is 23.6. The number of likely N-dealkylation sites (N-methyl/N-ethyl adjacent to an activating group) is 2. The molecule has 1 aromatic rings. The second kappa shape index (κ2) is 6.70. The molecular weight excluding hydrogens is 234 g/mol. The Morgan fingerprint density at radius 2 is 2.22 bits per heavy atom. The van der Waals surface area contributed by atoms with E-state index in [4.69, 9.17) is 0 Å². The lowest BCUT2D eigenvalue weighted by molar-refractivity contribution is -0.384. The summed E-state index contributed by atoms with van der Waals surface area (Å²) in [5.41, 5.74) is 0.670. The summed E-state index contributed by atoms with van der Waals surface area (Å²) >= 11 is 0. The van der Waals surface area contributed by atoms with E-state index in [-0.39, 0.29) is 18.0 Å². The number of non-ortho nitro benzene ring substituents is 1. The molecule has 0 heterocycles. The van der Waals surface area contributed by atoms with Crippen molar-refractivity contribution in [2.75, 3.05) is 27.2 Å². The first-order valence-corrected chi connectivity index (χ1v) is 5.66. The highest BCUT2D eigenvalue weighted by Crippen LogP contribution is 2.13. The summed E-state index contributed by atoms with van der Waals surface area (Å²) in [6, 6.07) is 6.16. The van der Waals surface area contributed by atoms with E-state index in [9.17, 15) is 14.9 Å². The van der Waals surface area contributed by atoms with Gasteiger partial charge in [-0.05, 0) is 12.6 Å². The van der Waals surface area contributed by atoms with E-state index >= 15 is 0 Å². The Labute approximate surface area is 106 Å². The molecule has 0 spiro atoms. The number of benzene rings is 1. The van der Waals surface area contributed by atoms with Gasteiger partial charge in [0.1, 0.15) is 0 Å². The molecule has 6 nitrogen and oxygen atoms in total. The van der Waals surface area contributed by atoms with Crippen molar-refractivity contribution in [3.63, 3.8) is 0 Å². The number of carbonyl (C=O) groups is 1. The van der Waals surface area contributed by atoms with Crippen LogP contribution >= 0.6 is 0 Å². The van der Waals surface area contributed by atoms with Gasteiger partial charge in [0, 0.05) is 32.3 Å². The van der Waals surface area contributed by atoms with Gasteiger partial charge >= 0.3 is 0 Å². The van der Waals surface area contributed by atoms with Crippen molar-refractivity contribution < 1.29 is 9.72 Å². The van der Waals surface area contributed by atoms with Crippen LogP contribution in [0.2, 0.25) is 0 Å². The first kappa shape index (κ1) is 14.1. The molecule has 0 bridgehead atoms. The van der Waals surface area contributed by atoms with E-state index in [1.165, 1.54) is 12.1 Å². The minimum Gasteiger partial charge on any atom is -0.344 e. The van der Waals surface area contributed by atoms with Gasteiger partial charge < -0.3 is 10.2 Å². The predicted molar refractivity (Wildman–Crippen MR) is 68.4 cm³/mol. The number of rotatable bonds is 6. The Bertz CT molecular complexity index is 434. The van der Waals surface area contributed by atoms with Crippen LogP contribution in [0.1, 0.15) is 5.56 Å². The van der Waals surface area contributed by atoms with Crippen LogP contribution in [0.3, 0.4) is 0 Å². The fourth-order valence-corrected chi connectivity index (χ4v) is 1.49. The van der Waals surface area contributed by atoms with Gasteiger partial charge in [-0.25, -0.2) is 0 Å². The number of amides is 1. The topological polar surface area (TPSA) is 75.5 Å². The second-order valence-electron chi connectivity index (χ2n) is 4.02. The minimum absolute atomic E-state index is 0.0122. The Morgan fingerprint density at radius 3 is 2.83 bits per heavy atom. The molecule has 0 fully saturated rings. The Morgan fingerprint density at radius 1 is 1.50 bits per heavy atom. The first-order chi connectivity index (χ1) is 8.54. The Balaban J connectivity index is 2.64. The zero-order valence-electron chi connectivity index (χ0n) is 10.5. The lowest BCUT2D eigenvalue weighted by atomic mass is 10.1. The highest BCUT2D eigenvalue weighted by Gasteiger charge is 2.11. The molecule has 0 saturated heterocycles. The van der Waals surface area contributed by atoms with Gasteiger partial charge in [-0.15, -0.1) is 0 Å². The molecule has 0 aliphatic rings. The van der Waals surface area contributed by atoms with E-state index in [0.29, 0.717) is 12.1 Å². The van der Waals surface area contributed by atoms with Gasteiger partial charge in [-0.2, -0.15) is 0 Å². The molecule has 0 aliphatic heterocycles. The first-order valence-electron chi connectivity index (χ1n) is 5.66. The fourth-order valence-electron chi connectivity index (χ4n) is 1.49. The number of carbonyl (C=O) groups excluding carboxylic acids is 1. The molecule has 0 aliphatic carbocycles. The molecule has 1 N–H and O–H groups in total. The minimum atomic E-state index is -0.460. The highest BCUT2D eigenvalue weighted by atomic mass is 16.6. The molecule has 0 unspecified atom stereocenters. The molecule has 0 aromatic heterocycles. The lowest BCUT2D eigenvalue weighted by Crippen LogP contribution is -2.33. The molecular formula is C12H17N3O3. The van der Waals surface area contributed by atoms with E-state index in [0.717, 1.165) is 6.54 Å². The van der Waals surface area contributed by atoms with Gasteiger partial charge in [0.2, 0.25) is 5.91 Å². The summed E-state index contributed by atoms with van der Waals surface area (Å²) < 4.78 is 0. The van der Waals surface area contributed by atoms with Crippen molar-refractivity contribution in [2.45, 2.75) is 6.42 Å². The van der Waals surface area contributed by atoms with Crippen molar-refractivity contribution >= 4 is 11.6 Å². The Hall–Kier alpha value is -1.95. The maximum absolute atomic E-state index is 11.8. The zero-order valence-corrected chi connectivity index (χ0v) is 10.5. The zero-order chi connectivity index (χ0) is 13.5. The average molecular weight is 251 g/mol. The van der Waals surface area contributed by atoms with E-state index in [2.05, 4.69) is 5.32 Å². The summed E-state index contributed by atoms with van der Waals surface area (Å²) in [5.74, 6) is -0.0502. The SMILES string of the molecule is CNCCN(C)C(=O)Cc1cccc([N+](=O)[O-])c1. The predicted octanol–water partition coefficient (Wildman–Crippen LogP) is 0.815. The smallest absolute Gasteiger partial charge is 0.269 e. The largest absolute Gasteiger partial charge is 0.344 e. The van der Waals surface area contributed by atoms with Crippen LogP contribution in [-0.4, -0.2) is 42.9 Å². The van der Waals surface area contributed by atoms with Gasteiger partial charge in [0.05, 0.1) is 11.3 Å². The van der Waals surface area contributed by atoms with Crippen LogP contribution in [0.15, 0.2) is 24.3 Å². The summed E-state index contributed by atoms with van der Waals surface area (Å²) in [5, 5.41) is 13.6. The molecule has 6 heteroatoms. The monoisotopic (exact) mass is 251 g/mol. The molecule has 0 saturated carbocycles. The number of hydrogen-bond acceptors (Lipinski definition) is 4. The van der Waals surface area contributed by atoms with Crippen molar-refractivity contribution in [2.24, 2.45) is 0 Å². The number of nitrogens with zero attached hydrogens (tertiary/aromatic N) is 2. The van der Waals surface area contributed by atoms with Gasteiger partial charge in [-0.1, -0.05) is 12.1 Å². The van der Waals surface area contributed by atoms with Crippen molar-refractivity contribution in [3.8, 4) is 0 Å². The fraction of sp³-hybridized carbons (Fsp3) is 0.417. The van der Waals surface area contributed by atoms with E-state index < -0.39 is 4.92 Å². The third-order valence-corrected chi connectivity index (χ3v) is 2.60. The van der Waals surface area contributed by atoms with Gasteiger partial charge in [0.25, 0.3) is 5.69 Å². The maximum Gasteiger partial charge on any atom is 0.269 e. The van der Waals surface area contributed by atoms with Crippen LogP contribution < -0.4 is 5.32 Å². The van der Waals surface area contributed by atoms with Crippen molar-refractivity contribution in [1.29, 1.82) is 0 Å². The molecule has 1 aromatic carbocycles. The maximum atomic E-state index is 11.8. The third kappa shape index (κ3) is 4.14. The quantitative estimate of drug-likeness (QED) is 0.600. The second-order valence-corrected chi connectivity index (χ2v) is 4.02. The van der Waals surface area contributed by atoms with Gasteiger partial charge in [0.15, 0.2) is 0 Å². The number of nitro groups is 1. The molecule has 1 rings (SSSR count). The number of nitro benzene ring substituents is 1. The van der Waals surface area contributed by atoms with Crippen molar-refractivity contribution in [1.82, 2.24) is 10.2 Å². The molecule has 18 heavy (non-hydrogen) atoms. The molecule has 1 amide bonds. The molecule has 98 valence electrons. The van der Waals surface area contributed by atoms with Crippen LogP contribution in [0.25, 0.3) is 0 Å². The van der Waals surface area contributed by atoms with Crippen LogP contribution in [0.4, 0.5) is 5.69 Å². The third-order valence-electron chi connectivity index (χ3n) is 2.60. The van der Waals surface area contributed by atoms with Crippen LogP contribution in [-0.2, 0) is 11.2 Å². The summed E-state index contributed by atoms with van der Waals surface area (Å²) in [6.45, 7) is 1.33. The Kier molecular flexibility index (Phi) is 5.26. The van der Waals surface area contributed by atoms with E-state index in [1.807, 2.05) is 7.05 Å².